The van der Waals surface area contributed by atoms with E-state index in [1.165, 1.54) is 16.7 Å². The fraction of sp³-hybridized carbons (Fsp3) is 0.208. The molecule has 3 aromatic carbocycles. The molecule has 1 amide bonds. The van der Waals surface area contributed by atoms with Crippen LogP contribution in [0.2, 0.25) is 0 Å². The highest BCUT2D eigenvalue weighted by Gasteiger charge is 2.19. The van der Waals surface area contributed by atoms with Crippen LogP contribution < -0.4 is 10.2 Å². The standard InChI is InChI=1S/C24H24N2O/c1-18-6-2-5-9-23(18)25-24(27)21-12-10-19(11-13-21)16-26-15-14-20-7-3-4-8-22(20)17-26/h2-13H,14-17H2,1H3,(H,25,27)/p+1. The summed E-state index contributed by atoms with van der Waals surface area (Å²) < 4.78 is 0. The number of carbonyl (C=O) groups is 1. The minimum absolute atomic E-state index is 0.0601. The second kappa shape index (κ2) is 7.77. The summed E-state index contributed by atoms with van der Waals surface area (Å²) in [6.45, 7) is 5.23. The van der Waals surface area contributed by atoms with Crippen LogP contribution in [0.25, 0.3) is 0 Å². The summed E-state index contributed by atoms with van der Waals surface area (Å²) in [5.74, 6) is -0.0601. The third-order valence-corrected chi connectivity index (χ3v) is 5.37. The number of hydrogen-bond acceptors (Lipinski definition) is 1. The van der Waals surface area contributed by atoms with Crippen LogP contribution in [0.3, 0.4) is 0 Å². The Bertz CT molecular complexity index is 947. The molecule has 3 aromatic rings. The lowest BCUT2D eigenvalue weighted by Gasteiger charge is -2.26. The maximum Gasteiger partial charge on any atom is 0.255 e. The Morgan fingerprint density at radius 3 is 2.41 bits per heavy atom. The van der Waals surface area contributed by atoms with Gasteiger partial charge >= 0.3 is 0 Å². The molecule has 27 heavy (non-hydrogen) atoms. The number of para-hydroxylation sites is 1. The predicted octanol–water partition coefficient (Wildman–Crippen LogP) is 3.39. The molecule has 0 aliphatic carbocycles. The summed E-state index contributed by atoms with van der Waals surface area (Å²) in [5, 5.41) is 2.99. The molecule has 0 bridgehead atoms. The van der Waals surface area contributed by atoms with Gasteiger partial charge in [-0.1, -0.05) is 54.6 Å². The van der Waals surface area contributed by atoms with Crippen molar-refractivity contribution in [3.63, 3.8) is 0 Å². The number of rotatable bonds is 4. The number of aryl methyl sites for hydroxylation is 1. The lowest BCUT2D eigenvalue weighted by atomic mass is 9.99. The van der Waals surface area contributed by atoms with Gasteiger partial charge in [-0.3, -0.25) is 4.79 Å². The molecule has 0 aromatic heterocycles. The second-order valence-corrected chi connectivity index (χ2v) is 7.34. The summed E-state index contributed by atoms with van der Waals surface area (Å²) in [4.78, 5) is 14.1. The van der Waals surface area contributed by atoms with Gasteiger partial charge in [0.1, 0.15) is 13.1 Å². The number of quaternary nitrogens is 1. The Morgan fingerprint density at radius 2 is 1.63 bits per heavy atom. The van der Waals surface area contributed by atoms with Gasteiger partial charge in [0.25, 0.3) is 5.91 Å². The van der Waals surface area contributed by atoms with Crippen LogP contribution in [0.4, 0.5) is 5.69 Å². The molecule has 4 rings (SSSR count). The molecule has 1 aliphatic heterocycles. The monoisotopic (exact) mass is 357 g/mol. The van der Waals surface area contributed by atoms with E-state index in [4.69, 9.17) is 0 Å². The fourth-order valence-corrected chi connectivity index (χ4v) is 3.76. The smallest absolute Gasteiger partial charge is 0.255 e. The number of amides is 1. The average molecular weight is 357 g/mol. The molecule has 1 aliphatic rings. The lowest BCUT2D eigenvalue weighted by Crippen LogP contribution is -3.10. The van der Waals surface area contributed by atoms with Crippen LogP contribution in [0.5, 0.6) is 0 Å². The van der Waals surface area contributed by atoms with E-state index in [0.717, 1.165) is 37.3 Å². The molecule has 1 unspecified atom stereocenters. The minimum atomic E-state index is -0.0601. The summed E-state index contributed by atoms with van der Waals surface area (Å²) in [5.41, 5.74) is 6.86. The van der Waals surface area contributed by atoms with Crippen LogP contribution in [-0.2, 0) is 19.5 Å². The summed E-state index contributed by atoms with van der Waals surface area (Å²) >= 11 is 0. The molecule has 2 N–H and O–H groups in total. The highest BCUT2D eigenvalue weighted by Crippen LogP contribution is 2.15. The maximum atomic E-state index is 12.5. The van der Waals surface area contributed by atoms with Crippen molar-refractivity contribution < 1.29 is 9.69 Å². The predicted molar refractivity (Wildman–Crippen MR) is 109 cm³/mol. The van der Waals surface area contributed by atoms with E-state index in [9.17, 15) is 4.79 Å². The third-order valence-electron chi connectivity index (χ3n) is 5.37. The van der Waals surface area contributed by atoms with Gasteiger partial charge in [0, 0.05) is 28.8 Å². The molecular weight excluding hydrogens is 332 g/mol. The summed E-state index contributed by atoms with van der Waals surface area (Å²) in [6.07, 6.45) is 1.14. The van der Waals surface area contributed by atoms with Gasteiger partial charge in [0.2, 0.25) is 0 Å². The quantitative estimate of drug-likeness (QED) is 0.737. The van der Waals surface area contributed by atoms with Crippen molar-refractivity contribution in [3.8, 4) is 0 Å². The first-order valence-electron chi connectivity index (χ1n) is 9.55. The Kier molecular flexibility index (Phi) is 5.03. The number of carbonyl (C=O) groups excluding carboxylic acids is 1. The Hall–Kier alpha value is -2.91. The number of anilines is 1. The SMILES string of the molecule is Cc1ccccc1NC(=O)c1ccc(C[NH+]2CCc3ccccc3C2)cc1. The zero-order valence-corrected chi connectivity index (χ0v) is 15.7. The maximum absolute atomic E-state index is 12.5. The average Bonchev–Trinajstić information content (AvgIpc) is 2.70. The van der Waals surface area contributed by atoms with Crippen molar-refractivity contribution in [2.75, 3.05) is 11.9 Å². The van der Waals surface area contributed by atoms with E-state index in [1.54, 1.807) is 4.90 Å². The van der Waals surface area contributed by atoms with Gasteiger partial charge < -0.3 is 10.2 Å². The van der Waals surface area contributed by atoms with E-state index in [1.807, 2.05) is 43.3 Å². The largest absolute Gasteiger partial charge is 0.327 e. The first-order valence-corrected chi connectivity index (χ1v) is 9.55. The first-order chi connectivity index (χ1) is 13.2. The van der Waals surface area contributed by atoms with Crippen LogP contribution in [0, 0.1) is 6.92 Å². The highest BCUT2D eigenvalue weighted by atomic mass is 16.1. The molecule has 1 atom stereocenters. The van der Waals surface area contributed by atoms with Gasteiger partial charge in [-0.25, -0.2) is 0 Å². The topological polar surface area (TPSA) is 33.5 Å². The van der Waals surface area contributed by atoms with E-state index >= 15 is 0 Å². The van der Waals surface area contributed by atoms with Crippen LogP contribution in [0.1, 0.15) is 32.6 Å². The zero-order chi connectivity index (χ0) is 18.6. The number of fused-ring (bicyclic) bond motifs is 1. The molecule has 0 saturated carbocycles. The first kappa shape index (κ1) is 17.5. The molecule has 0 spiro atoms. The number of hydrogen-bond donors (Lipinski definition) is 2. The minimum Gasteiger partial charge on any atom is -0.327 e. The van der Waals surface area contributed by atoms with E-state index < -0.39 is 0 Å². The van der Waals surface area contributed by atoms with E-state index in [2.05, 4.69) is 41.7 Å². The highest BCUT2D eigenvalue weighted by molar-refractivity contribution is 6.04. The molecular formula is C24H25N2O+. The lowest BCUT2D eigenvalue weighted by molar-refractivity contribution is -0.929. The van der Waals surface area contributed by atoms with Gasteiger partial charge in [-0.15, -0.1) is 0 Å². The van der Waals surface area contributed by atoms with Gasteiger partial charge in [-0.05, 0) is 36.2 Å². The van der Waals surface area contributed by atoms with Crippen LogP contribution in [-0.4, -0.2) is 12.5 Å². The van der Waals surface area contributed by atoms with Gasteiger partial charge in [0.15, 0.2) is 0 Å². The Balaban J connectivity index is 1.39. The molecule has 1 heterocycles. The van der Waals surface area contributed by atoms with Crippen molar-refractivity contribution in [3.05, 3.63) is 101 Å². The molecule has 136 valence electrons. The Labute approximate surface area is 160 Å². The van der Waals surface area contributed by atoms with Crippen molar-refractivity contribution in [2.24, 2.45) is 0 Å². The fourth-order valence-electron chi connectivity index (χ4n) is 3.76. The number of benzene rings is 3. The molecule has 3 nitrogen and oxygen atoms in total. The summed E-state index contributed by atoms with van der Waals surface area (Å²) in [6, 6.07) is 24.6. The molecule has 0 fully saturated rings. The molecule has 0 radical (unpaired) electrons. The normalized spacial score (nSPS) is 15.8. The van der Waals surface area contributed by atoms with Gasteiger partial charge in [0.05, 0.1) is 6.54 Å². The van der Waals surface area contributed by atoms with Gasteiger partial charge in [-0.2, -0.15) is 0 Å². The summed E-state index contributed by atoms with van der Waals surface area (Å²) in [7, 11) is 0. The number of nitrogens with one attached hydrogen (secondary N) is 2. The Morgan fingerprint density at radius 1 is 0.926 bits per heavy atom. The van der Waals surface area contributed by atoms with Crippen molar-refractivity contribution >= 4 is 11.6 Å². The molecule has 0 saturated heterocycles. The zero-order valence-electron chi connectivity index (χ0n) is 15.7. The third kappa shape index (κ3) is 4.09. The van der Waals surface area contributed by atoms with E-state index in [0.29, 0.717) is 5.56 Å². The van der Waals surface area contributed by atoms with Crippen molar-refractivity contribution in [1.82, 2.24) is 0 Å². The van der Waals surface area contributed by atoms with Crippen molar-refractivity contribution in [1.29, 1.82) is 0 Å². The van der Waals surface area contributed by atoms with E-state index in [-0.39, 0.29) is 5.91 Å². The van der Waals surface area contributed by atoms with Crippen LogP contribution in [0.15, 0.2) is 72.8 Å². The van der Waals surface area contributed by atoms with Crippen molar-refractivity contribution in [2.45, 2.75) is 26.4 Å². The molecule has 3 heteroatoms. The van der Waals surface area contributed by atoms with Crippen LogP contribution >= 0.6 is 0 Å². The second-order valence-electron chi connectivity index (χ2n) is 7.34.